The summed E-state index contributed by atoms with van der Waals surface area (Å²) in [6.45, 7) is 3.92. The number of carbonyl (C=O) groups excluding carboxylic acids is 2. The molecule has 10 heteroatoms. The van der Waals surface area contributed by atoms with Crippen molar-refractivity contribution >= 4 is 29.4 Å². The van der Waals surface area contributed by atoms with Gasteiger partial charge in [0.1, 0.15) is 30.2 Å². The molecular formula is C31H36ClN3O6. The molecule has 0 saturated heterocycles. The number of aliphatic carboxylic acids is 1. The van der Waals surface area contributed by atoms with Crippen molar-refractivity contribution in [2.24, 2.45) is 11.7 Å². The van der Waals surface area contributed by atoms with Crippen molar-refractivity contribution in [1.82, 2.24) is 10.6 Å². The van der Waals surface area contributed by atoms with Crippen molar-refractivity contribution in [2.75, 3.05) is 6.61 Å². The number of carboxylic acids is 1. The van der Waals surface area contributed by atoms with Crippen molar-refractivity contribution in [3.63, 3.8) is 0 Å². The van der Waals surface area contributed by atoms with Crippen LogP contribution in [0.25, 0.3) is 0 Å². The fourth-order valence-corrected chi connectivity index (χ4v) is 4.43. The molecule has 0 fully saturated rings. The number of nitrogens with one attached hydrogen (secondary N) is 2. The van der Waals surface area contributed by atoms with Crippen molar-refractivity contribution in [2.45, 2.75) is 51.2 Å². The minimum absolute atomic E-state index is 0.000777. The Morgan fingerprint density at radius 2 is 1.56 bits per heavy atom. The van der Waals surface area contributed by atoms with Crippen molar-refractivity contribution in [1.29, 1.82) is 0 Å². The molecule has 0 radical (unpaired) electrons. The molecule has 0 saturated carbocycles. The fraction of sp³-hybridized carbons (Fsp3) is 0.323. The third-order valence-electron chi connectivity index (χ3n) is 6.30. The van der Waals surface area contributed by atoms with Crippen molar-refractivity contribution in [3.8, 4) is 11.5 Å². The largest absolute Gasteiger partial charge is 0.508 e. The average molecular weight is 582 g/mol. The lowest BCUT2D eigenvalue weighted by molar-refractivity contribution is -0.142. The molecule has 3 aromatic carbocycles. The highest BCUT2D eigenvalue weighted by molar-refractivity contribution is 6.31. The number of carbonyl (C=O) groups is 3. The predicted octanol–water partition coefficient (Wildman–Crippen LogP) is 3.95. The van der Waals surface area contributed by atoms with Crippen LogP contribution in [0.15, 0.2) is 72.8 Å². The van der Waals surface area contributed by atoms with Gasteiger partial charge in [0.2, 0.25) is 5.91 Å². The van der Waals surface area contributed by atoms with Crippen LogP contribution in [0.2, 0.25) is 5.02 Å². The molecule has 0 spiro atoms. The quantitative estimate of drug-likeness (QED) is 0.193. The Labute approximate surface area is 244 Å². The van der Waals surface area contributed by atoms with Crippen LogP contribution in [0.1, 0.15) is 41.8 Å². The highest BCUT2D eigenvalue weighted by atomic mass is 35.5. The van der Waals surface area contributed by atoms with Crippen LogP contribution in [-0.4, -0.2) is 52.7 Å². The van der Waals surface area contributed by atoms with E-state index in [-0.39, 0.29) is 48.5 Å². The predicted molar refractivity (Wildman–Crippen MR) is 157 cm³/mol. The number of hydrogen-bond acceptors (Lipinski definition) is 6. The Morgan fingerprint density at radius 1 is 0.902 bits per heavy atom. The zero-order valence-electron chi connectivity index (χ0n) is 23.0. The number of benzene rings is 3. The van der Waals surface area contributed by atoms with Crippen LogP contribution < -0.4 is 21.1 Å². The first-order chi connectivity index (χ1) is 19.5. The Balaban J connectivity index is 1.71. The van der Waals surface area contributed by atoms with Crippen molar-refractivity contribution in [3.05, 3.63) is 94.5 Å². The summed E-state index contributed by atoms with van der Waals surface area (Å²) in [6, 6.07) is 17.8. The molecule has 41 heavy (non-hydrogen) atoms. The van der Waals surface area contributed by atoms with E-state index in [1.165, 1.54) is 18.2 Å². The molecule has 3 aromatic rings. The molecule has 0 aliphatic rings. The molecule has 218 valence electrons. The number of aromatic hydroxyl groups is 1. The first kappa shape index (κ1) is 31.4. The Hall–Kier alpha value is -4.08. The van der Waals surface area contributed by atoms with Crippen molar-refractivity contribution < 1.29 is 29.3 Å². The van der Waals surface area contributed by atoms with Gasteiger partial charge in [-0.25, -0.2) is 4.79 Å². The van der Waals surface area contributed by atoms with E-state index < -0.39 is 29.9 Å². The third kappa shape index (κ3) is 10.1. The van der Waals surface area contributed by atoms with Gasteiger partial charge in [-0.05, 0) is 60.2 Å². The van der Waals surface area contributed by atoms with Gasteiger partial charge in [0.15, 0.2) is 0 Å². The second kappa shape index (κ2) is 15.1. The number of ether oxygens (including phenoxy) is 1. The topological polar surface area (TPSA) is 151 Å². The van der Waals surface area contributed by atoms with Crippen LogP contribution in [0.3, 0.4) is 0 Å². The highest BCUT2D eigenvalue weighted by Crippen LogP contribution is 2.24. The molecule has 0 bridgehead atoms. The number of rotatable bonds is 14. The lowest BCUT2D eigenvalue weighted by Crippen LogP contribution is -2.52. The van der Waals surface area contributed by atoms with E-state index in [1.54, 1.807) is 24.3 Å². The molecule has 2 amide bonds. The van der Waals surface area contributed by atoms with E-state index in [2.05, 4.69) is 10.6 Å². The Bertz CT molecular complexity index is 1320. The van der Waals surface area contributed by atoms with E-state index in [0.29, 0.717) is 17.0 Å². The van der Waals surface area contributed by atoms with Gasteiger partial charge in [0, 0.05) is 17.5 Å². The summed E-state index contributed by atoms with van der Waals surface area (Å²) in [4.78, 5) is 38.6. The van der Waals surface area contributed by atoms with Gasteiger partial charge in [0.05, 0.1) is 5.56 Å². The second-order valence-corrected chi connectivity index (χ2v) is 10.8. The fourth-order valence-electron chi connectivity index (χ4n) is 4.26. The van der Waals surface area contributed by atoms with Crippen LogP contribution in [0, 0.1) is 5.92 Å². The summed E-state index contributed by atoms with van der Waals surface area (Å²) < 4.78 is 5.90. The van der Waals surface area contributed by atoms with E-state index in [9.17, 15) is 24.6 Å². The summed E-state index contributed by atoms with van der Waals surface area (Å²) in [5.74, 6) is -2.13. The van der Waals surface area contributed by atoms with Gasteiger partial charge < -0.3 is 31.3 Å². The molecule has 0 aliphatic heterocycles. The first-order valence-electron chi connectivity index (χ1n) is 13.4. The standard InChI is InChI=1S/C31H36ClN3O6/c1-19(2)14-26(30(38)35-27(31(39)40)16-21-8-11-24(36)12-9-21)34-29(37)25-17-22(32)10-13-28(25)41-18-23(33)15-20-6-4-3-5-7-20/h3-13,17,19,23,26-27,36H,14-16,18,33H2,1-2H3,(H,34,37)(H,35,38)(H,39,40)/t23-,26-,27-/m0/s1. The van der Waals surface area contributed by atoms with Crippen LogP contribution in [0.4, 0.5) is 0 Å². The maximum atomic E-state index is 13.4. The molecule has 3 atom stereocenters. The summed E-state index contributed by atoms with van der Waals surface area (Å²) in [6.07, 6.45) is 0.850. The number of hydrogen-bond donors (Lipinski definition) is 5. The van der Waals surface area contributed by atoms with E-state index >= 15 is 0 Å². The Kier molecular flexibility index (Phi) is 11.6. The minimum atomic E-state index is -1.24. The molecule has 3 rings (SSSR count). The van der Waals surface area contributed by atoms with Gasteiger partial charge in [-0.2, -0.15) is 0 Å². The van der Waals surface area contributed by atoms with Gasteiger partial charge in [-0.15, -0.1) is 0 Å². The number of phenolic OH excluding ortho intramolecular Hbond substituents is 1. The lowest BCUT2D eigenvalue weighted by Gasteiger charge is -2.23. The monoisotopic (exact) mass is 581 g/mol. The number of phenols is 1. The number of halogens is 1. The van der Waals surface area contributed by atoms with Crippen LogP contribution in [-0.2, 0) is 22.4 Å². The summed E-state index contributed by atoms with van der Waals surface area (Å²) in [7, 11) is 0. The van der Waals surface area contributed by atoms with E-state index in [4.69, 9.17) is 22.1 Å². The molecule has 0 aromatic heterocycles. The normalized spacial score (nSPS) is 13.2. The van der Waals surface area contributed by atoms with Gasteiger partial charge >= 0.3 is 5.97 Å². The molecule has 9 nitrogen and oxygen atoms in total. The van der Waals surface area contributed by atoms with Gasteiger partial charge in [-0.1, -0.05) is 67.9 Å². The molecule has 0 heterocycles. The minimum Gasteiger partial charge on any atom is -0.508 e. The number of amides is 2. The maximum Gasteiger partial charge on any atom is 0.326 e. The summed E-state index contributed by atoms with van der Waals surface area (Å²) >= 11 is 6.18. The molecule has 6 N–H and O–H groups in total. The highest BCUT2D eigenvalue weighted by Gasteiger charge is 2.28. The average Bonchev–Trinajstić information content (AvgIpc) is 2.92. The summed E-state index contributed by atoms with van der Waals surface area (Å²) in [5, 5.41) is 24.8. The zero-order valence-corrected chi connectivity index (χ0v) is 23.8. The van der Waals surface area contributed by atoms with E-state index in [0.717, 1.165) is 5.56 Å². The molecule has 0 aliphatic carbocycles. The lowest BCUT2D eigenvalue weighted by atomic mass is 10.0. The smallest absolute Gasteiger partial charge is 0.326 e. The van der Waals surface area contributed by atoms with Gasteiger partial charge in [-0.3, -0.25) is 9.59 Å². The number of carboxylic acid groups (broad SMARTS) is 1. The first-order valence-corrected chi connectivity index (χ1v) is 13.7. The van der Waals surface area contributed by atoms with E-state index in [1.807, 2.05) is 44.2 Å². The van der Waals surface area contributed by atoms with Crippen LogP contribution >= 0.6 is 11.6 Å². The number of nitrogens with two attached hydrogens (primary N) is 1. The summed E-state index contributed by atoms with van der Waals surface area (Å²) in [5.41, 5.74) is 8.06. The van der Waals surface area contributed by atoms with Gasteiger partial charge in [0.25, 0.3) is 5.91 Å². The molecule has 0 unspecified atom stereocenters. The zero-order chi connectivity index (χ0) is 29.9. The third-order valence-corrected chi connectivity index (χ3v) is 6.53. The second-order valence-electron chi connectivity index (χ2n) is 10.3. The van der Waals surface area contributed by atoms with Crippen LogP contribution in [0.5, 0.6) is 11.5 Å². The molecular weight excluding hydrogens is 546 g/mol. The Morgan fingerprint density at radius 3 is 2.20 bits per heavy atom. The maximum absolute atomic E-state index is 13.4. The SMILES string of the molecule is CC(C)C[C@H](NC(=O)c1cc(Cl)ccc1OC[C@@H](N)Cc1ccccc1)C(=O)N[C@@H](Cc1ccc(O)cc1)C(=O)O.